The minimum Gasteiger partial charge on any atom is -0.484 e. The lowest BCUT2D eigenvalue weighted by atomic mass is 10.1. The van der Waals surface area contributed by atoms with Crippen LogP contribution < -0.4 is 10.1 Å². The van der Waals surface area contributed by atoms with Crippen LogP contribution in [-0.4, -0.2) is 21.6 Å². The average molecular weight is 312 g/mol. The SMILES string of the molecule is C#Cc1cnc2ccc(OC(C)C(=S)NC(C)(C)C)cc2c1. The number of fused-ring (bicyclic) bond motifs is 1. The van der Waals surface area contributed by atoms with Gasteiger partial charge in [0.15, 0.2) is 0 Å². The van der Waals surface area contributed by atoms with Crippen LogP contribution >= 0.6 is 12.2 Å². The van der Waals surface area contributed by atoms with E-state index in [-0.39, 0.29) is 11.6 Å². The van der Waals surface area contributed by atoms with Gasteiger partial charge in [-0.1, -0.05) is 18.1 Å². The molecule has 1 atom stereocenters. The second-order valence-corrected chi connectivity index (χ2v) is 6.66. The van der Waals surface area contributed by atoms with Gasteiger partial charge in [-0.25, -0.2) is 0 Å². The Kier molecular flexibility index (Phi) is 4.68. The van der Waals surface area contributed by atoms with Crippen molar-refractivity contribution in [2.75, 3.05) is 0 Å². The smallest absolute Gasteiger partial charge is 0.146 e. The van der Waals surface area contributed by atoms with Crippen LogP contribution in [0.2, 0.25) is 0 Å². The Morgan fingerprint density at radius 1 is 1.36 bits per heavy atom. The minimum absolute atomic E-state index is 0.0797. The number of rotatable bonds is 3. The summed E-state index contributed by atoms with van der Waals surface area (Å²) in [5.41, 5.74) is 1.56. The number of benzene rings is 1. The first-order valence-corrected chi connectivity index (χ1v) is 7.54. The van der Waals surface area contributed by atoms with E-state index in [4.69, 9.17) is 23.4 Å². The number of terminal acetylenes is 1. The van der Waals surface area contributed by atoms with Gasteiger partial charge in [0, 0.05) is 22.7 Å². The third-order valence-electron chi connectivity index (χ3n) is 3.00. The van der Waals surface area contributed by atoms with E-state index in [0.29, 0.717) is 4.99 Å². The molecule has 1 N–H and O–H groups in total. The molecular formula is C18H20N2OS. The van der Waals surface area contributed by atoms with Crippen LogP contribution in [0.5, 0.6) is 5.75 Å². The Morgan fingerprint density at radius 3 is 2.73 bits per heavy atom. The van der Waals surface area contributed by atoms with Crippen molar-refractivity contribution in [1.82, 2.24) is 10.3 Å². The predicted octanol–water partition coefficient (Wildman–Crippen LogP) is 3.70. The van der Waals surface area contributed by atoms with Crippen molar-refractivity contribution in [3.05, 3.63) is 36.0 Å². The van der Waals surface area contributed by atoms with E-state index in [1.165, 1.54) is 0 Å². The molecule has 0 bridgehead atoms. The van der Waals surface area contributed by atoms with E-state index in [1.807, 2.05) is 31.2 Å². The maximum atomic E-state index is 5.92. The van der Waals surface area contributed by atoms with Gasteiger partial charge in [0.2, 0.25) is 0 Å². The molecule has 0 amide bonds. The number of thiocarbonyl (C=S) groups is 1. The monoisotopic (exact) mass is 312 g/mol. The fourth-order valence-corrected chi connectivity index (χ4v) is 2.35. The number of hydrogen-bond acceptors (Lipinski definition) is 3. The summed E-state index contributed by atoms with van der Waals surface area (Å²) < 4.78 is 5.92. The molecule has 0 aliphatic heterocycles. The maximum Gasteiger partial charge on any atom is 0.146 e. The van der Waals surface area contributed by atoms with E-state index in [1.54, 1.807) is 6.20 Å². The third-order valence-corrected chi connectivity index (χ3v) is 3.43. The van der Waals surface area contributed by atoms with Gasteiger partial charge in [0.1, 0.15) is 16.8 Å². The normalized spacial score (nSPS) is 12.5. The molecule has 3 nitrogen and oxygen atoms in total. The molecule has 22 heavy (non-hydrogen) atoms. The highest BCUT2D eigenvalue weighted by Gasteiger charge is 2.17. The molecule has 0 radical (unpaired) electrons. The topological polar surface area (TPSA) is 34.1 Å². The molecule has 1 unspecified atom stereocenters. The highest BCUT2D eigenvalue weighted by molar-refractivity contribution is 7.80. The Labute approximate surface area is 137 Å². The van der Waals surface area contributed by atoms with E-state index in [9.17, 15) is 0 Å². The molecule has 0 saturated heterocycles. The number of aromatic nitrogens is 1. The Morgan fingerprint density at radius 2 is 2.09 bits per heavy atom. The standard InChI is InChI=1S/C18H20N2OS/c1-6-13-9-14-10-15(7-8-16(14)19-11-13)21-12(2)17(22)20-18(3,4)5/h1,7-12H,2-5H3,(H,20,22). The largest absolute Gasteiger partial charge is 0.484 e. The van der Waals surface area contributed by atoms with Crippen LogP contribution in [-0.2, 0) is 0 Å². The van der Waals surface area contributed by atoms with Crippen LogP contribution in [0, 0.1) is 12.3 Å². The van der Waals surface area contributed by atoms with Crippen molar-refractivity contribution in [2.24, 2.45) is 0 Å². The molecule has 0 saturated carbocycles. The summed E-state index contributed by atoms with van der Waals surface area (Å²) in [6.45, 7) is 8.13. The minimum atomic E-state index is -0.213. The maximum absolute atomic E-state index is 5.92. The Hall–Kier alpha value is -2.12. The molecule has 114 valence electrons. The predicted molar refractivity (Wildman–Crippen MR) is 95.3 cm³/mol. The van der Waals surface area contributed by atoms with Gasteiger partial charge in [-0.05, 0) is 52.0 Å². The quantitative estimate of drug-likeness (QED) is 0.692. The molecule has 0 fully saturated rings. The van der Waals surface area contributed by atoms with Crippen molar-refractivity contribution in [3.8, 4) is 18.1 Å². The third kappa shape index (κ3) is 4.19. The Balaban J connectivity index is 2.17. The van der Waals surface area contributed by atoms with Gasteiger partial charge in [-0.3, -0.25) is 4.98 Å². The number of hydrogen-bond donors (Lipinski definition) is 1. The lowest BCUT2D eigenvalue weighted by Crippen LogP contribution is -2.45. The number of ether oxygens (including phenoxy) is 1. The molecule has 1 heterocycles. The van der Waals surface area contributed by atoms with Gasteiger partial charge in [0.25, 0.3) is 0 Å². The van der Waals surface area contributed by atoms with Crippen LogP contribution in [0.1, 0.15) is 33.3 Å². The highest BCUT2D eigenvalue weighted by atomic mass is 32.1. The second kappa shape index (κ2) is 6.33. The van der Waals surface area contributed by atoms with Gasteiger partial charge in [-0.2, -0.15) is 0 Å². The van der Waals surface area contributed by atoms with Gasteiger partial charge in [0.05, 0.1) is 5.52 Å². The fraction of sp³-hybridized carbons (Fsp3) is 0.333. The molecule has 0 aliphatic carbocycles. The van der Waals surface area contributed by atoms with Crippen molar-refractivity contribution < 1.29 is 4.74 Å². The van der Waals surface area contributed by atoms with Crippen molar-refractivity contribution in [2.45, 2.75) is 39.3 Å². The van der Waals surface area contributed by atoms with Crippen molar-refractivity contribution in [1.29, 1.82) is 0 Å². The summed E-state index contributed by atoms with van der Waals surface area (Å²) in [4.78, 5) is 5.00. The zero-order chi connectivity index (χ0) is 16.3. The number of pyridine rings is 1. The first-order valence-electron chi connectivity index (χ1n) is 7.13. The summed E-state index contributed by atoms with van der Waals surface area (Å²) in [6.07, 6.45) is 6.89. The van der Waals surface area contributed by atoms with Gasteiger partial charge < -0.3 is 10.1 Å². The summed E-state index contributed by atoms with van der Waals surface area (Å²) in [6, 6.07) is 7.66. The molecule has 1 aromatic carbocycles. The molecule has 4 heteroatoms. The summed E-state index contributed by atoms with van der Waals surface area (Å²) in [7, 11) is 0. The molecule has 2 aromatic rings. The molecule has 0 aliphatic rings. The van der Waals surface area contributed by atoms with Crippen LogP contribution in [0.25, 0.3) is 10.9 Å². The highest BCUT2D eigenvalue weighted by Crippen LogP contribution is 2.21. The summed E-state index contributed by atoms with van der Waals surface area (Å²) >= 11 is 5.38. The zero-order valence-electron chi connectivity index (χ0n) is 13.3. The first-order chi connectivity index (χ1) is 10.3. The fourth-order valence-electron chi connectivity index (χ4n) is 1.99. The van der Waals surface area contributed by atoms with Crippen molar-refractivity contribution in [3.63, 3.8) is 0 Å². The van der Waals surface area contributed by atoms with E-state index in [0.717, 1.165) is 22.2 Å². The average Bonchev–Trinajstić information content (AvgIpc) is 2.44. The van der Waals surface area contributed by atoms with Crippen LogP contribution in [0.3, 0.4) is 0 Å². The lowest BCUT2D eigenvalue weighted by Gasteiger charge is -2.26. The van der Waals surface area contributed by atoms with E-state index < -0.39 is 0 Å². The molecule has 0 spiro atoms. The van der Waals surface area contributed by atoms with Crippen molar-refractivity contribution >= 4 is 28.1 Å². The van der Waals surface area contributed by atoms with Crippen LogP contribution in [0.4, 0.5) is 0 Å². The molecule has 2 rings (SSSR count). The summed E-state index contributed by atoms with van der Waals surface area (Å²) in [5.74, 6) is 3.33. The Bertz CT molecular complexity index is 741. The van der Waals surface area contributed by atoms with Gasteiger partial charge in [-0.15, -0.1) is 6.42 Å². The summed E-state index contributed by atoms with van der Waals surface area (Å²) in [5, 5.41) is 4.22. The zero-order valence-corrected chi connectivity index (χ0v) is 14.1. The van der Waals surface area contributed by atoms with E-state index in [2.05, 4.69) is 37.0 Å². The molecule has 1 aromatic heterocycles. The first kappa shape index (κ1) is 16.3. The van der Waals surface area contributed by atoms with Gasteiger partial charge >= 0.3 is 0 Å². The number of nitrogens with zero attached hydrogens (tertiary/aromatic N) is 1. The molecular weight excluding hydrogens is 292 g/mol. The van der Waals surface area contributed by atoms with E-state index >= 15 is 0 Å². The lowest BCUT2D eigenvalue weighted by molar-refractivity contribution is 0.281. The number of nitrogens with one attached hydrogen (secondary N) is 1. The van der Waals surface area contributed by atoms with Crippen LogP contribution in [0.15, 0.2) is 30.5 Å². The second-order valence-electron chi connectivity index (χ2n) is 6.22.